The standard InChI is InChI=1S/C14H15F3N2O4S/c15-14(16,17)9-1-2-12(11(7-9)19(21)22)24-8-13(20)18-10-3-5-23-6-4-10/h1-2,7,10H,3-6,8H2,(H,18,20). The molecule has 0 aliphatic carbocycles. The zero-order chi connectivity index (χ0) is 17.7. The number of halogens is 3. The largest absolute Gasteiger partial charge is 0.416 e. The van der Waals surface area contributed by atoms with E-state index in [4.69, 9.17) is 4.74 Å². The summed E-state index contributed by atoms with van der Waals surface area (Å²) in [5.74, 6) is -0.426. The molecule has 2 rings (SSSR count). The van der Waals surface area contributed by atoms with Crippen molar-refractivity contribution in [2.75, 3.05) is 19.0 Å². The number of nitrogens with zero attached hydrogens (tertiary/aromatic N) is 1. The summed E-state index contributed by atoms with van der Waals surface area (Å²) in [7, 11) is 0. The number of nitrogens with one attached hydrogen (secondary N) is 1. The molecule has 1 N–H and O–H groups in total. The van der Waals surface area contributed by atoms with E-state index >= 15 is 0 Å². The maximum atomic E-state index is 12.6. The van der Waals surface area contributed by atoms with Crippen molar-refractivity contribution in [2.24, 2.45) is 0 Å². The molecule has 1 saturated heterocycles. The molecular weight excluding hydrogens is 349 g/mol. The van der Waals surface area contributed by atoms with Crippen molar-refractivity contribution in [2.45, 2.75) is 30.0 Å². The van der Waals surface area contributed by atoms with Gasteiger partial charge in [0.15, 0.2) is 0 Å². The van der Waals surface area contributed by atoms with Gasteiger partial charge in [0.25, 0.3) is 5.69 Å². The minimum Gasteiger partial charge on any atom is -0.381 e. The average molecular weight is 364 g/mol. The predicted molar refractivity (Wildman–Crippen MR) is 80.8 cm³/mol. The van der Waals surface area contributed by atoms with E-state index in [-0.39, 0.29) is 22.6 Å². The van der Waals surface area contributed by atoms with E-state index in [1.54, 1.807) is 0 Å². The van der Waals surface area contributed by atoms with E-state index in [9.17, 15) is 28.1 Å². The number of alkyl halides is 3. The Kier molecular flexibility index (Phi) is 6.05. The van der Waals surface area contributed by atoms with Gasteiger partial charge in [0.2, 0.25) is 5.91 Å². The predicted octanol–water partition coefficient (Wildman–Crippen LogP) is 3.00. The number of carbonyl (C=O) groups is 1. The summed E-state index contributed by atoms with van der Waals surface area (Å²) in [5, 5.41) is 13.8. The molecule has 1 fully saturated rings. The van der Waals surface area contributed by atoms with Crippen molar-refractivity contribution in [1.29, 1.82) is 0 Å². The molecule has 1 heterocycles. The zero-order valence-corrected chi connectivity index (χ0v) is 13.3. The van der Waals surface area contributed by atoms with E-state index in [2.05, 4.69) is 5.32 Å². The van der Waals surface area contributed by atoms with Gasteiger partial charge in [-0.15, -0.1) is 11.8 Å². The first-order valence-electron chi connectivity index (χ1n) is 7.13. The van der Waals surface area contributed by atoms with E-state index in [1.807, 2.05) is 0 Å². The van der Waals surface area contributed by atoms with Gasteiger partial charge in [-0.05, 0) is 25.0 Å². The van der Waals surface area contributed by atoms with Gasteiger partial charge in [-0.1, -0.05) is 0 Å². The number of ether oxygens (including phenoxy) is 1. The Balaban J connectivity index is 2.00. The Hall–Kier alpha value is -1.81. The molecule has 10 heteroatoms. The second kappa shape index (κ2) is 7.84. The SMILES string of the molecule is O=C(CSc1ccc(C(F)(F)F)cc1[N+](=O)[O-])NC1CCOCC1. The number of carbonyl (C=O) groups excluding carboxylic acids is 1. The summed E-state index contributed by atoms with van der Waals surface area (Å²) in [4.78, 5) is 22.0. The maximum absolute atomic E-state index is 12.6. The number of amides is 1. The molecule has 1 aromatic rings. The number of hydrogen-bond donors (Lipinski definition) is 1. The number of nitro groups is 1. The molecule has 0 aromatic heterocycles. The fraction of sp³-hybridized carbons (Fsp3) is 0.500. The molecule has 0 spiro atoms. The molecule has 0 unspecified atom stereocenters. The molecule has 1 aliphatic heterocycles. The quantitative estimate of drug-likeness (QED) is 0.493. The van der Waals surface area contributed by atoms with E-state index in [0.29, 0.717) is 32.1 Å². The van der Waals surface area contributed by atoms with Crippen molar-refractivity contribution in [3.8, 4) is 0 Å². The van der Waals surface area contributed by atoms with Gasteiger partial charge in [0.05, 0.1) is 21.1 Å². The number of benzene rings is 1. The molecular formula is C14H15F3N2O4S. The highest BCUT2D eigenvalue weighted by atomic mass is 32.2. The molecule has 0 radical (unpaired) electrons. The van der Waals surface area contributed by atoms with E-state index in [1.165, 1.54) is 0 Å². The highest BCUT2D eigenvalue weighted by Gasteiger charge is 2.33. The highest BCUT2D eigenvalue weighted by Crippen LogP contribution is 2.36. The Bertz CT molecular complexity index is 619. The summed E-state index contributed by atoms with van der Waals surface area (Å²) in [6.45, 7) is 1.12. The Morgan fingerprint density at radius 3 is 2.62 bits per heavy atom. The van der Waals surface area contributed by atoms with Crippen LogP contribution in [-0.4, -0.2) is 35.8 Å². The fourth-order valence-corrected chi connectivity index (χ4v) is 3.03. The third-order valence-corrected chi connectivity index (χ3v) is 4.49. The van der Waals surface area contributed by atoms with Crippen LogP contribution in [0.3, 0.4) is 0 Å². The normalized spacial score (nSPS) is 16.0. The minimum atomic E-state index is -4.66. The van der Waals surface area contributed by atoms with E-state index in [0.717, 1.165) is 23.9 Å². The van der Waals surface area contributed by atoms with Crippen LogP contribution in [-0.2, 0) is 15.7 Å². The van der Waals surface area contributed by atoms with Gasteiger partial charge in [-0.25, -0.2) is 0 Å². The highest BCUT2D eigenvalue weighted by molar-refractivity contribution is 8.00. The van der Waals surface area contributed by atoms with Gasteiger partial charge in [0, 0.05) is 25.3 Å². The third kappa shape index (κ3) is 5.10. The molecule has 0 atom stereocenters. The fourth-order valence-electron chi connectivity index (χ4n) is 2.21. The van der Waals surface area contributed by atoms with Gasteiger partial charge in [-0.3, -0.25) is 14.9 Å². The molecule has 0 bridgehead atoms. The van der Waals surface area contributed by atoms with Crippen LogP contribution in [0.25, 0.3) is 0 Å². The van der Waals surface area contributed by atoms with Crippen molar-refractivity contribution < 1.29 is 27.6 Å². The lowest BCUT2D eigenvalue weighted by Gasteiger charge is -2.23. The first kappa shape index (κ1) is 18.5. The van der Waals surface area contributed by atoms with Crippen LogP contribution in [0.5, 0.6) is 0 Å². The van der Waals surface area contributed by atoms with Gasteiger partial charge in [-0.2, -0.15) is 13.2 Å². The molecule has 1 aromatic carbocycles. The summed E-state index contributed by atoms with van der Waals surface area (Å²) in [5.41, 5.74) is -1.75. The summed E-state index contributed by atoms with van der Waals surface area (Å²) >= 11 is 0.839. The van der Waals surface area contributed by atoms with E-state index < -0.39 is 22.4 Å². The number of nitro benzene ring substituents is 1. The van der Waals surface area contributed by atoms with Crippen molar-refractivity contribution in [1.82, 2.24) is 5.32 Å². The molecule has 6 nitrogen and oxygen atoms in total. The second-order valence-electron chi connectivity index (χ2n) is 5.18. The maximum Gasteiger partial charge on any atom is 0.416 e. The number of rotatable bonds is 5. The summed E-state index contributed by atoms with van der Waals surface area (Å²) < 4.78 is 43.1. The smallest absolute Gasteiger partial charge is 0.381 e. The summed E-state index contributed by atoms with van der Waals surface area (Å²) in [6, 6.07) is 2.27. The second-order valence-corrected chi connectivity index (χ2v) is 6.20. The van der Waals surface area contributed by atoms with Crippen molar-refractivity contribution in [3.05, 3.63) is 33.9 Å². The minimum absolute atomic E-state index is 0.00515. The lowest BCUT2D eigenvalue weighted by atomic mass is 10.1. The average Bonchev–Trinajstić information content (AvgIpc) is 2.52. The Labute approximate surface area is 139 Å². The van der Waals surface area contributed by atoms with Crippen LogP contribution in [0.1, 0.15) is 18.4 Å². The summed E-state index contributed by atoms with van der Waals surface area (Å²) in [6.07, 6.45) is -3.28. The zero-order valence-electron chi connectivity index (χ0n) is 12.5. The van der Waals surface area contributed by atoms with Crippen LogP contribution in [0, 0.1) is 10.1 Å². The lowest BCUT2D eigenvalue weighted by molar-refractivity contribution is -0.388. The molecule has 0 saturated carbocycles. The Morgan fingerprint density at radius 1 is 1.38 bits per heavy atom. The third-order valence-electron chi connectivity index (χ3n) is 3.43. The van der Waals surface area contributed by atoms with Crippen LogP contribution in [0.4, 0.5) is 18.9 Å². The van der Waals surface area contributed by atoms with Gasteiger partial charge < -0.3 is 10.1 Å². The molecule has 1 aliphatic rings. The molecule has 1 amide bonds. The molecule has 132 valence electrons. The first-order valence-corrected chi connectivity index (χ1v) is 8.11. The van der Waals surface area contributed by atoms with Crippen molar-refractivity contribution in [3.63, 3.8) is 0 Å². The number of thioether (sulfide) groups is 1. The van der Waals surface area contributed by atoms with Crippen LogP contribution in [0.15, 0.2) is 23.1 Å². The lowest BCUT2D eigenvalue weighted by Crippen LogP contribution is -2.39. The monoisotopic (exact) mass is 364 g/mol. The molecule has 24 heavy (non-hydrogen) atoms. The van der Waals surface area contributed by atoms with Crippen LogP contribution in [0.2, 0.25) is 0 Å². The van der Waals surface area contributed by atoms with Crippen LogP contribution < -0.4 is 5.32 Å². The van der Waals surface area contributed by atoms with Crippen LogP contribution >= 0.6 is 11.8 Å². The number of hydrogen-bond acceptors (Lipinski definition) is 5. The Morgan fingerprint density at radius 2 is 2.04 bits per heavy atom. The van der Waals surface area contributed by atoms with Gasteiger partial charge in [0.1, 0.15) is 0 Å². The van der Waals surface area contributed by atoms with Gasteiger partial charge >= 0.3 is 6.18 Å². The van der Waals surface area contributed by atoms with Crippen molar-refractivity contribution >= 4 is 23.4 Å². The topological polar surface area (TPSA) is 81.5 Å². The first-order chi connectivity index (χ1) is 11.3.